The molecule has 0 atom stereocenters. The van der Waals surface area contributed by atoms with Gasteiger partial charge in [-0.2, -0.15) is 0 Å². The minimum Gasteiger partial charge on any atom is -0.550 e. The van der Waals surface area contributed by atoms with Crippen molar-refractivity contribution in [2.45, 2.75) is 33.6 Å². The van der Waals surface area contributed by atoms with Crippen molar-refractivity contribution in [1.82, 2.24) is 0 Å². The molecule has 0 amide bonds. The maximum absolute atomic E-state index is 10.3. The first-order valence-corrected chi connectivity index (χ1v) is 3.22. The molecule has 0 radical (unpaired) electrons. The molecule has 0 aromatic carbocycles. The number of hydrogen-bond donors (Lipinski definition) is 0. The molecule has 0 aliphatic carbocycles. The standard InChI is InChI=1S/C7H14O2.Na/c1-4-5-7(2,3)6(8)9;/h4-5H2,1-3H3,(H,8,9);/q;+1/p-1. The van der Waals surface area contributed by atoms with Gasteiger partial charge in [0.25, 0.3) is 0 Å². The fourth-order valence-corrected chi connectivity index (χ4v) is 0.727. The minimum absolute atomic E-state index is 0. The molecule has 2 nitrogen and oxygen atoms in total. The number of carbonyl (C=O) groups excluding carboxylic acids is 1. The first-order valence-electron chi connectivity index (χ1n) is 3.22. The minimum atomic E-state index is -0.954. The van der Waals surface area contributed by atoms with E-state index in [1.807, 2.05) is 6.92 Å². The fraction of sp³-hybridized carbons (Fsp3) is 0.857. The molecule has 3 heteroatoms. The number of rotatable bonds is 3. The zero-order chi connectivity index (χ0) is 7.49. The number of carbonyl (C=O) groups is 1. The van der Waals surface area contributed by atoms with Gasteiger partial charge in [0.2, 0.25) is 0 Å². The molecule has 0 fully saturated rings. The van der Waals surface area contributed by atoms with Gasteiger partial charge in [0.15, 0.2) is 0 Å². The summed E-state index contributed by atoms with van der Waals surface area (Å²) >= 11 is 0. The van der Waals surface area contributed by atoms with Gasteiger partial charge in [-0.15, -0.1) is 0 Å². The van der Waals surface area contributed by atoms with Crippen LogP contribution in [0.3, 0.4) is 0 Å². The van der Waals surface area contributed by atoms with Gasteiger partial charge >= 0.3 is 29.6 Å². The fourth-order valence-electron chi connectivity index (χ4n) is 0.727. The van der Waals surface area contributed by atoms with Crippen LogP contribution in [0.1, 0.15) is 33.6 Å². The maximum atomic E-state index is 10.3. The molecule has 0 aliphatic heterocycles. The molecule has 0 rings (SSSR count). The predicted molar refractivity (Wildman–Crippen MR) is 33.7 cm³/mol. The zero-order valence-electron chi connectivity index (χ0n) is 7.23. The van der Waals surface area contributed by atoms with Crippen molar-refractivity contribution in [2.24, 2.45) is 5.41 Å². The maximum Gasteiger partial charge on any atom is 1.00 e. The summed E-state index contributed by atoms with van der Waals surface area (Å²) in [6, 6.07) is 0. The van der Waals surface area contributed by atoms with E-state index in [9.17, 15) is 9.90 Å². The zero-order valence-corrected chi connectivity index (χ0v) is 9.23. The Morgan fingerprint density at radius 1 is 1.50 bits per heavy atom. The van der Waals surface area contributed by atoms with E-state index in [4.69, 9.17) is 0 Å². The van der Waals surface area contributed by atoms with Crippen LogP contribution in [0.25, 0.3) is 0 Å². The third-order valence-corrected chi connectivity index (χ3v) is 1.43. The van der Waals surface area contributed by atoms with E-state index in [0.717, 1.165) is 6.42 Å². The van der Waals surface area contributed by atoms with Crippen LogP contribution in [0.15, 0.2) is 0 Å². The van der Waals surface area contributed by atoms with Gasteiger partial charge in [0, 0.05) is 11.4 Å². The van der Waals surface area contributed by atoms with E-state index in [2.05, 4.69) is 0 Å². The average Bonchev–Trinajstić information content (AvgIpc) is 1.65. The molecular weight excluding hydrogens is 139 g/mol. The Morgan fingerprint density at radius 2 is 1.90 bits per heavy atom. The van der Waals surface area contributed by atoms with E-state index in [1.165, 1.54) is 0 Å². The van der Waals surface area contributed by atoms with Crippen molar-refractivity contribution in [3.8, 4) is 0 Å². The average molecular weight is 152 g/mol. The molecule has 0 N–H and O–H groups in total. The first kappa shape index (κ1) is 13.1. The van der Waals surface area contributed by atoms with Crippen molar-refractivity contribution in [1.29, 1.82) is 0 Å². The first-order chi connectivity index (χ1) is 4.00. The van der Waals surface area contributed by atoms with Crippen molar-refractivity contribution in [3.05, 3.63) is 0 Å². The number of aliphatic carboxylic acids is 1. The van der Waals surface area contributed by atoms with E-state index in [-0.39, 0.29) is 29.6 Å². The van der Waals surface area contributed by atoms with Gasteiger partial charge in [0.05, 0.1) is 0 Å². The summed E-state index contributed by atoms with van der Waals surface area (Å²) in [4.78, 5) is 10.3. The molecule has 0 heterocycles. The Labute approximate surface area is 84.3 Å². The van der Waals surface area contributed by atoms with Gasteiger partial charge in [-0.3, -0.25) is 0 Å². The van der Waals surface area contributed by atoms with Gasteiger partial charge in [-0.1, -0.05) is 27.2 Å². The smallest absolute Gasteiger partial charge is 0.550 e. The number of carboxylic acids is 1. The van der Waals surface area contributed by atoms with E-state index in [0.29, 0.717) is 6.42 Å². The van der Waals surface area contributed by atoms with Crippen LogP contribution in [0, 0.1) is 5.41 Å². The topological polar surface area (TPSA) is 40.1 Å². The summed E-state index contributed by atoms with van der Waals surface area (Å²) in [6.07, 6.45) is 1.58. The third-order valence-electron chi connectivity index (χ3n) is 1.43. The Kier molecular flexibility index (Phi) is 6.76. The molecule has 0 bridgehead atoms. The Morgan fingerprint density at radius 3 is 2.00 bits per heavy atom. The van der Waals surface area contributed by atoms with Crippen LogP contribution in [0.4, 0.5) is 0 Å². The van der Waals surface area contributed by atoms with Crippen LogP contribution in [0.5, 0.6) is 0 Å². The molecule has 0 saturated carbocycles. The van der Waals surface area contributed by atoms with E-state index < -0.39 is 11.4 Å². The SMILES string of the molecule is CCCC(C)(C)C(=O)[O-].[Na+]. The van der Waals surface area contributed by atoms with Crippen molar-refractivity contribution in [2.75, 3.05) is 0 Å². The van der Waals surface area contributed by atoms with Gasteiger partial charge < -0.3 is 9.90 Å². The molecule has 0 saturated heterocycles. The van der Waals surface area contributed by atoms with E-state index in [1.54, 1.807) is 13.8 Å². The van der Waals surface area contributed by atoms with Crippen LogP contribution in [0.2, 0.25) is 0 Å². The largest absolute Gasteiger partial charge is 1.00 e. The summed E-state index contributed by atoms with van der Waals surface area (Å²) in [7, 11) is 0. The summed E-state index contributed by atoms with van der Waals surface area (Å²) < 4.78 is 0. The van der Waals surface area contributed by atoms with Crippen LogP contribution < -0.4 is 34.7 Å². The molecule has 54 valence electrons. The van der Waals surface area contributed by atoms with Crippen molar-refractivity contribution in [3.63, 3.8) is 0 Å². The van der Waals surface area contributed by atoms with Crippen LogP contribution in [-0.4, -0.2) is 5.97 Å². The molecule has 0 spiro atoms. The van der Waals surface area contributed by atoms with Crippen molar-refractivity contribution < 1.29 is 39.5 Å². The second-order valence-corrected chi connectivity index (χ2v) is 2.92. The Balaban J connectivity index is 0. The van der Waals surface area contributed by atoms with Gasteiger partial charge in [-0.05, 0) is 6.42 Å². The molecule has 0 unspecified atom stereocenters. The normalized spacial score (nSPS) is 10.3. The van der Waals surface area contributed by atoms with Crippen LogP contribution in [-0.2, 0) is 4.79 Å². The number of carboxylic acid groups (broad SMARTS) is 1. The summed E-state index contributed by atoms with van der Waals surface area (Å²) in [6.45, 7) is 5.34. The predicted octanol–water partition coefficient (Wildman–Crippen LogP) is -2.43. The quantitative estimate of drug-likeness (QED) is 0.422. The Hall–Kier alpha value is 0.470. The number of hydrogen-bond acceptors (Lipinski definition) is 2. The molecule has 0 aliphatic rings. The van der Waals surface area contributed by atoms with E-state index >= 15 is 0 Å². The second-order valence-electron chi connectivity index (χ2n) is 2.92. The monoisotopic (exact) mass is 152 g/mol. The summed E-state index contributed by atoms with van der Waals surface area (Å²) in [5.41, 5.74) is -0.644. The molecule has 0 aromatic heterocycles. The molecular formula is C7H13NaO2. The van der Waals surface area contributed by atoms with Gasteiger partial charge in [0.1, 0.15) is 0 Å². The second kappa shape index (κ2) is 5.16. The molecule has 10 heavy (non-hydrogen) atoms. The third kappa shape index (κ3) is 4.31. The summed E-state index contributed by atoms with van der Waals surface area (Å²) in [5.74, 6) is -0.954. The molecule has 0 aromatic rings. The van der Waals surface area contributed by atoms with Crippen molar-refractivity contribution >= 4 is 5.97 Å². The van der Waals surface area contributed by atoms with Gasteiger partial charge in [-0.25, -0.2) is 0 Å². The van der Waals surface area contributed by atoms with Crippen LogP contribution >= 0.6 is 0 Å². The Bertz CT molecular complexity index is 110. The summed E-state index contributed by atoms with van der Waals surface area (Å²) in [5, 5.41) is 10.3.